The molecule has 112 valence electrons. The first-order chi connectivity index (χ1) is 10.1. The molecule has 2 aliphatic heterocycles. The maximum absolute atomic E-state index is 12.0. The lowest BCUT2D eigenvalue weighted by molar-refractivity contribution is -0.384. The number of nitro benzene ring substituents is 1. The molecule has 3 N–H and O–H groups in total. The van der Waals surface area contributed by atoms with Crippen LogP contribution in [0.2, 0.25) is 0 Å². The van der Waals surface area contributed by atoms with Crippen molar-refractivity contribution in [1.29, 1.82) is 0 Å². The lowest BCUT2D eigenvalue weighted by atomic mass is 10.0. The molecule has 2 fully saturated rings. The molecule has 3 rings (SSSR count). The van der Waals surface area contributed by atoms with E-state index in [2.05, 4.69) is 16.0 Å². The molecular formula is C14H18N4O3. The number of nitrogens with one attached hydrogen (secondary N) is 3. The minimum Gasteiger partial charge on any atom is -0.335 e. The van der Waals surface area contributed by atoms with Gasteiger partial charge < -0.3 is 16.0 Å². The van der Waals surface area contributed by atoms with Crippen molar-refractivity contribution in [2.45, 2.75) is 43.8 Å². The molecule has 2 amide bonds. The number of carbonyl (C=O) groups is 1. The smallest absolute Gasteiger partial charge is 0.319 e. The second-order valence-corrected chi connectivity index (χ2v) is 5.71. The fourth-order valence-corrected chi connectivity index (χ4v) is 3.19. The fraction of sp³-hybridized carbons (Fsp3) is 0.500. The van der Waals surface area contributed by atoms with Crippen molar-refractivity contribution < 1.29 is 9.72 Å². The van der Waals surface area contributed by atoms with Gasteiger partial charge in [-0.05, 0) is 37.8 Å². The molecule has 0 saturated carbocycles. The van der Waals surface area contributed by atoms with Gasteiger partial charge in [-0.2, -0.15) is 0 Å². The lowest BCUT2D eigenvalue weighted by Crippen LogP contribution is -2.49. The van der Waals surface area contributed by atoms with E-state index in [0.717, 1.165) is 12.8 Å². The summed E-state index contributed by atoms with van der Waals surface area (Å²) in [5.41, 5.74) is 0.561. The molecule has 2 heterocycles. The van der Waals surface area contributed by atoms with Crippen LogP contribution in [0.1, 0.15) is 25.7 Å². The summed E-state index contributed by atoms with van der Waals surface area (Å²) in [7, 11) is 0. The third-order valence-electron chi connectivity index (χ3n) is 4.14. The Balaban J connectivity index is 1.53. The van der Waals surface area contributed by atoms with E-state index in [1.54, 1.807) is 0 Å². The number of piperidine rings is 1. The Kier molecular flexibility index (Phi) is 3.74. The number of amides is 2. The van der Waals surface area contributed by atoms with Gasteiger partial charge in [0.2, 0.25) is 0 Å². The third kappa shape index (κ3) is 3.30. The second kappa shape index (κ2) is 5.69. The van der Waals surface area contributed by atoms with Crippen LogP contribution >= 0.6 is 0 Å². The molecule has 1 aromatic rings. The van der Waals surface area contributed by atoms with Crippen LogP contribution in [-0.2, 0) is 0 Å². The standard InChI is InChI=1S/C14H18N4O3/c19-14(16-9-3-5-13(6-4-9)18(20)21)17-12-7-10-1-2-11(8-12)15-10/h3-6,10-12,15H,1-2,7-8H2,(H2,16,17,19). The fourth-order valence-electron chi connectivity index (χ4n) is 3.19. The SMILES string of the molecule is O=C(Nc1ccc([N+](=O)[O-])cc1)NC1CC2CCC(C1)N2. The minimum absolute atomic E-state index is 0.0101. The summed E-state index contributed by atoms with van der Waals surface area (Å²) < 4.78 is 0. The first-order valence-corrected chi connectivity index (χ1v) is 7.18. The number of rotatable bonds is 3. The summed E-state index contributed by atoms with van der Waals surface area (Å²) in [5, 5.41) is 19.8. The molecule has 21 heavy (non-hydrogen) atoms. The molecule has 0 aliphatic carbocycles. The van der Waals surface area contributed by atoms with E-state index in [1.165, 1.54) is 37.1 Å². The molecule has 1 aromatic carbocycles. The number of benzene rings is 1. The summed E-state index contributed by atoms with van der Waals surface area (Å²) in [6.45, 7) is 0. The number of fused-ring (bicyclic) bond motifs is 2. The van der Waals surface area contributed by atoms with E-state index in [4.69, 9.17) is 0 Å². The summed E-state index contributed by atoms with van der Waals surface area (Å²) in [6.07, 6.45) is 4.30. The molecule has 2 atom stereocenters. The first kappa shape index (κ1) is 13.8. The molecule has 0 radical (unpaired) electrons. The predicted molar refractivity (Wildman–Crippen MR) is 78.2 cm³/mol. The Labute approximate surface area is 122 Å². The number of anilines is 1. The molecule has 2 unspecified atom stereocenters. The van der Waals surface area contributed by atoms with Crippen LogP contribution in [0.4, 0.5) is 16.2 Å². The van der Waals surface area contributed by atoms with Crippen LogP contribution in [0.3, 0.4) is 0 Å². The topological polar surface area (TPSA) is 96.3 Å². The molecular weight excluding hydrogens is 272 g/mol. The van der Waals surface area contributed by atoms with Gasteiger partial charge in [0.15, 0.2) is 0 Å². The number of nitro groups is 1. The highest BCUT2D eigenvalue weighted by molar-refractivity contribution is 5.89. The Morgan fingerprint density at radius 1 is 1.19 bits per heavy atom. The van der Waals surface area contributed by atoms with Gasteiger partial charge in [-0.15, -0.1) is 0 Å². The molecule has 0 spiro atoms. The molecule has 7 nitrogen and oxygen atoms in total. The van der Waals surface area contributed by atoms with Crippen molar-refractivity contribution in [3.8, 4) is 0 Å². The summed E-state index contributed by atoms with van der Waals surface area (Å²) in [5.74, 6) is 0. The van der Waals surface area contributed by atoms with Gasteiger partial charge in [-0.1, -0.05) is 0 Å². The maximum Gasteiger partial charge on any atom is 0.319 e. The number of hydrogen-bond acceptors (Lipinski definition) is 4. The van der Waals surface area contributed by atoms with Crippen molar-refractivity contribution in [2.75, 3.05) is 5.32 Å². The van der Waals surface area contributed by atoms with Gasteiger partial charge in [-0.25, -0.2) is 4.79 Å². The van der Waals surface area contributed by atoms with Crippen LogP contribution in [-0.4, -0.2) is 29.1 Å². The van der Waals surface area contributed by atoms with E-state index in [9.17, 15) is 14.9 Å². The van der Waals surface area contributed by atoms with Gasteiger partial charge in [0, 0.05) is 35.9 Å². The zero-order chi connectivity index (χ0) is 14.8. The Morgan fingerprint density at radius 2 is 1.81 bits per heavy atom. The van der Waals surface area contributed by atoms with E-state index in [1.807, 2.05) is 0 Å². The van der Waals surface area contributed by atoms with Crippen LogP contribution < -0.4 is 16.0 Å². The van der Waals surface area contributed by atoms with Crippen molar-refractivity contribution in [3.63, 3.8) is 0 Å². The number of nitrogens with zero attached hydrogens (tertiary/aromatic N) is 1. The normalized spacial score (nSPS) is 27.1. The molecule has 2 bridgehead atoms. The van der Waals surface area contributed by atoms with Gasteiger partial charge in [0.05, 0.1) is 4.92 Å². The second-order valence-electron chi connectivity index (χ2n) is 5.71. The van der Waals surface area contributed by atoms with Crippen molar-refractivity contribution in [2.24, 2.45) is 0 Å². The largest absolute Gasteiger partial charge is 0.335 e. The van der Waals surface area contributed by atoms with Gasteiger partial charge in [0.1, 0.15) is 0 Å². The van der Waals surface area contributed by atoms with Crippen molar-refractivity contribution >= 4 is 17.4 Å². The predicted octanol–water partition coefficient (Wildman–Crippen LogP) is 2.00. The summed E-state index contributed by atoms with van der Waals surface area (Å²) >= 11 is 0. The van der Waals surface area contributed by atoms with Gasteiger partial charge >= 0.3 is 6.03 Å². The molecule has 2 saturated heterocycles. The van der Waals surface area contributed by atoms with Crippen molar-refractivity contribution in [3.05, 3.63) is 34.4 Å². The molecule has 0 aromatic heterocycles. The number of hydrogen-bond donors (Lipinski definition) is 3. The number of urea groups is 1. The van der Waals surface area contributed by atoms with Crippen LogP contribution in [0.5, 0.6) is 0 Å². The van der Waals surface area contributed by atoms with E-state index in [-0.39, 0.29) is 17.8 Å². The van der Waals surface area contributed by atoms with Gasteiger partial charge in [0.25, 0.3) is 5.69 Å². The van der Waals surface area contributed by atoms with Crippen LogP contribution in [0.25, 0.3) is 0 Å². The van der Waals surface area contributed by atoms with E-state index >= 15 is 0 Å². The summed E-state index contributed by atoms with van der Waals surface area (Å²) in [4.78, 5) is 22.1. The highest BCUT2D eigenvalue weighted by Crippen LogP contribution is 2.26. The number of carbonyl (C=O) groups excluding carboxylic acids is 1. The van der Waals surface area contributed by atoms with E-state index in [0.29, 0.717) is 17.8 Å². The minimum atomic E-state index is -0.464. The Morgan fingerprint density at radius 3 is 2.38 bits per heavy atom. The first-order valence-electron chi connectivity index (χ1n) is 7.18. The average Bonchev–Trinajstić information content (AvgIpc) is 2.78. The zero-order valence-corrected chi connectivity index (χ0v) is 11.5. The quantitative estimate of drug-likeness (QED) is 0.586. The maximum atomic E-state index is 12.0. The van der Waals surface area contributed by atoms with Crippen molar-refractivity contribution in [1.82, 2.24) is 10.6 Å². The zero-order valence-electron chi connectivity index (χ0n) is 11.5. The van der Waals surface area contributed by atoms with E-state index < -0.39 is 4.92 Å². The third-order valence-corrected chi connectivity index (χ3v) is 4.14. The summed E-state index contributed by atoms with van der Waals surface area (Å²) in [6, 6.07) is 6.80. The molecule has 2 aliphatic rings. The lowest BCUT2D eigenvalue weighted by Gasteiger charge is -2.29. The average molecular weight is 290 g/mol. The Bertz CT molecular complexity index is 534. The van der Waals surface area contributed by atoms with Gasteiger partial charge in [-0.3, -0.25) is 10.1 Å². The van der Waals surface area contributed by atoms with Crippen LogP contribution in [0.15, 0.2) is 24.3 Å². The Hall–Kier alpha value is -2.15. The monoisotopic (exact) mass is 290 g/mol. The highest BCUT2D eigenvalue weighted by Gasteiger charge is 2.33. The highest BCUT2D eigenvalue weighted by atomic mass is 16.6. The number of non-ortho nitro benzene ring substituents is 1. The van der Waals surface area contributed by atoms with Crippen LogP contribution in [0, 0.1) is 10.1 Å². The molecule has 7 heteroatoms.